The van der Waals surface area contributed by atoms with E-state index in [4.69, 9.17) is 4.74 Å². The lowest BCUT2D eigenvalue weighted by atomic mass is 10.0. The molecule has 2 aromatic rings. The maximum absolute atomic E-state index is 13.5. The number of methoxy groups -OCH3 is 1. The molecule has 0 radical (unpaired) electrons. The molecule has 0 spiro atoms. The second kappa shape index (κ2) is 4.31. The normalized spacial score (nSPS) is 10.2. The molecule has 0 aromatic heterocycles. The van der Waals surface area contributed by atoms with Crippen molar-refractivity contribution in [3.63, 3.8) is 0 Å². The average Bonchev–Trinajstić information content (AvgIpc) is 2.32. The van der Waals surface area contributed by atoms with E-state index < -0.39 is 11.6 Å². The minimum Gasteiger partial charge on any atom is -0.497 e. The lowest BCUT2D eigenvalue weighted by molar-refractivity contribution is 0.415. The molecule has 0 heterocycles. The van der Waals surface area contributed by atoms with Gasteiger partial charge in [0.25, 0.3) is 0 Å². The van der Waals surface area contributed by atoms with Crippen LogP contribution in [-0.4, -0.2) is 7.11 Å². The average molecular weight is 220 g/mol. The van der Waals surface area contributed by atoms with E-state index in [1.807, 2.05) is 0 Å². The summed E-state index contributed by atoms with van der Waals surface area (Å²) in [5.41, 5.74) is 0.829. The lowest BCUT2D eigenvalue weighted by Gasteiger charge is -2.05. The predicted octanol–water partition coefficient (Wildman–Crippen LogP) is 3.64. The van der Waals surface area contributed by atoms with Crippen LogP contribution in [0, 0.1) is 11.6 Å². The standard InChI is InChI=1S/C13H10F2O/c1-16-11-4-2-3-9(7-11)12-8-10(14)5-6-13(12)15/h2-8H,1H3. The first-order valence-electron chi connectivity index (χ1n) is 4.80. The smallest absolute Gasteiger partial charge is 0.131 e. The van der Waals surface area contributed by atoms with Crippen molar-refractivity contribution in [2.45, 2.75) is 0 Å². The Morgan fingerprint density at radius 3 is 2.56 bits per heavy atom. The molecular formula is C13H10F2O. The van der Waals surface area contributed by atoms with Gasteiger partial charge in [-0.1, -0.05) is 12.1 Å². The molecule has 2 rings (SSSR count). The highest BCUT2D eigenvalue weighted by Crippen LogP contribution is 2.26. The van der Waals surface area contributed by atoms with Crippen LogP contribution in [0.1, 0.15) is 0 Å². The summed E-state index contributed by atoms with van der Waals surface area (Å²) in [4.78, 5) is 0. The lowest BCUT2D eigenvalue weighted by Crippen LogP contribution is -1.88. The number of hydrogen-bond donors (Lipinski definition) is 0. The molecule has 0 saturated carbocycles. The zero-order chi connectivity index (χ0) is 11.5. The summed E-state index contributed by atoms with van der Waals surface area (Å²) in [5, 5.41) is 0. The van der Waals surface area contributed by atoms with Crippen molar-refractivity contribution in [3.05, 3.63) is 54.1 Å². The fourth-order valence-electron chi connectivity index (χ4n) is 1.51. The van der Waals surface area contributed by atoms with Crippen molar-refractivity contribution in [1.29, 1.82) is 0 Å². The molecule has 1 nitrogen and oxygen atoms in total. The number of halogens is 2. The monoisotopic (exact) mass is 220 g/mol. The number of hydrogen-bond acceptors (Lipinski definition) is 1. The maximum atomic E-state index is 13.5. The van der Waals surface area contributed by atoms with Crippen LogP contribution in [0.15, 0.2) is 42.5 Å². The Morgan fingerprint density at radius 2 is 1.81 bits per heavy atom. The summed E-state index contributed by atoms with van der Waals surface area (Å²) in [6.45, 7) is 0. The van der Waals surface area contributed by atoms with Crippen LogP contribution in [0.25, 0.3) is 11.1 Å². The molecule has 3 heteroatoms. The van der Waals surface area contributed by atoms with Gasteiger partial charge in [-0.05, 0) is 35.9 Å². The Kier molecular flexibility index (Phi) is 2.86. The van der Waals surface area contributed by atoms with Gasteiger partial charge in [0.1, 0.15) is 17.4 Å². The van der Waals surface area contributed by atoms with Crippen LogP contribution < -0.4 is 4.74 Å². The maximum Gasteiger partial charge on any atom is 0.131 e. The fourth-order valence-corrected chi connectivity index (χ4v) is 1.51. The topological polar surface area (TPSA) is 9.23 Å². The first-order valence-corrected chi connectivity index (χ1v) is 4.80. The van der Waals surface area contributed by atoms with Crippen molar-refractivity contribution in [3.8, 4) is 16.9 Å². The van der Waals surface area contributed by atoms with Crippen molar-refractivity contribution >= 4 is 0 Å². The summed E-state index contributed by atoms with van der Waals surface area (Å²) in [5.74, 6) is -0.296. The summed E-state index contributed by atoms with van der Waals surface area (Å²) >= 11 is 0. The van der Waals surface area contributed by atoms with Gasteiger partial charge in [0.15, 0.2) is 0 Å². The first kappa shape index (κ1) is 10.6. The van der Waals surface area contributed by atoms with Gasteiger partial charge in [0, 0.05) is 5.56 Å². The van der Waals surface area contributed by atoms with Crippen molar-refractivity contribution in [1.82, 2.24) is 0 Å². The molecule has 0 N–H and O–H groups in total. The highest BCUT2D eigenvalue weighted by atomic mass is 19.1. The third-order valence-corrected chi connectivity index (χ3v) is 2.31. The number of rotatable bonds is 2. The second-order valence-corrected chi connectivity index (χ2v) is 3.36. The molecule has 0 aliphatic heterocycles. The molecule has 2 aromatic carbocycles. The van der Waals surface area contributed by atoms with Gasteiger partial charge in [-0.2, -0.15) is 0 Å². The van der Waals surface area contributed by atoms with Crippen LogP contribution in [0.2, 0.25) is 0 Å². The summed E-state index contributed by atoms with van der Waals surface area (Å²) in [6, 6.07) is 10.2. The predicted molar refractivity (Wildman–Crippen MR) is 58.3 cm³/mol. The Balaban J connectivity index is 2.53. The van der Waals surface area contributed by atoms with Gasteiger partial charge >= 0.3 is 0 Å². The van der Waals surface area contributed by atoms with E-state index in [0.29, 0.717) is 11.3 Å². The third-order valence-electron chi connectivity index (χ3n) is 2.31. The van der Waals surface area contributed by atoms with Crippen molar-refractivity contribution in [2.75, 3.05) is 7.11 Å². The molecule has 0 fully saturated rings. The van der Waals surface area contributed by atoms with Gasteiger partial charge in [-0.15, -0.1) is 0 Å². The highest BCUT2D eigenvalue weighted by molar-refractivity contribution is 5.65. The molecule has 0 amide bonds. The van der Waals surface area contributed by atoms with E-state index in [1.54, 1.807) is 24.3 Å². The molecule has 0 bridgehead atoms. The van der Waals surface area contributed by atoms with Crippen LogP contribution in [0.5, 0.6) is 5.75 Å². The van der Waals surface area contributed by atoms with Crippen LogP contribution >= 0.6 is 0 Å². The minimum atomic E-state index is -0.459. The first-order chi connectivity index (χ1) is 7.70. The molecule has 16 heavy (non-hydrogen) atoms. The summed E-state index contributed by atoms with van der Waals surface area (Å²) in [6.07, 6.45) is 0. The molecule has 82 valence electrons. The Bertz CT molecular complexity index is 509. The van der Waals surface area contributed by atoms with Gasteiger partial charge in [0.05, 0.1) is 7.11 Å². The van der Waals surface area contributed by atoms with E-state index in [-0.39, 0.29) is 5.56 Å². The molecule has 0 atom stereocenters. The van der Waals surface area contributed by atoms with E-state index in [2.05, 4.69) is 0 Å². The van der Waals surface area contributed by atoms with Gasteiger partial charge in [-0.25, -0.2) is 8.78 Å². The molecule has 0 aliphatic carbocycles. The molecule has 0 unspecified atom stereocenters. The van der Waals surface area contributed by atoms with E-state index in [1.165, 1.54) is 13.2 Å². The van der Waals surface area contributed by atoms with E-state index >= 15 is 0 Å². The number of ether oxygens (including phenoxy) is 1. The largest absolute Gasteiger partial charge is 0.497 e. The van der Waals surface area contributed by atoms with Gasteiger partial charge in [0.2, 0.25) is 0 Å². The van der Waals surface area contributed by atoms with Crippen molar-refractivity contribution in [2.24, 2.45) is 0 Å². The molecule has 0 aliphatic rings. The Labute approximate surface area is 92.3 Å². The Hall–Kier alpha value is -1.90. The second-order valence-electron chi connectivity index (χ2n) is 3.36. The zero-order valence-electron chi connectivity index (χ0n) is 8.71. The van der Waals surface area contributed by atoms with Crippen LogP contribution in [-0.2, 0) is 0 Å². The van der Waals surface area contributed by atoms with Crippen molar-refractivity contribution < 1.29 is 13.5 Å². The summed E-state index contributed by atoms with van der Waals surface area (Å²) < 4.78 is 31.5. The van der Waals surface area contributed by atoms with E-state index in [9.17, 15) is 8.78 Å². The SMILES string of the molecule is COc1cccc(-c2cc(F)ccc2F)c1. The highest BCUT2D eigenvalue weighted by Gasteiger charge is 2.07. The van der Waals surface area contributed by atoms with Gasteiger partial charge in [-0.3, -0.25) is 0 Å². The minimum absolute atomic E-state index is 0.235. The fraction of sp³-hybridized carbons (Fsp3) is 0.0769. The van der Waals surface area contributed by atoms with E-state index in [0.717, 1.165) is 12.1 Å². The summed E-state index contributed by atoms with van der Waals surface area (Å²) in [7, 11) is 1.53. The molecule has 0 saturated heterocycles. The van der Waals surface area contributed by atoms with Crippen LogP contribution in [0.3, 0.4) is 0 Å². The Morgan fingerprint density at radius 1 is 1.00 bits per heavy atom. The van der Waals surface area contributed by atoms with Crippen LogP contribution in [0.4, 0.5) is 8.78 Å². The zero-order valence-corrected chi connectivity index (χ0v) is 8.71. The van der Waals surface area contributed by atoms with Gasteiger partial charge < -0.3 is 4.74 Å². The molecular weight excluding hydrogens is 210 g/mol. The third kappa shape index (κ3) is 2.03. The quantitative estimate of drug-likeness (QED) is 0.750. The number of benzene rings is 2.